The minimum Gasteiger partial charge on any atom is -0.211 e. The van der Waals surface area contributed by atoms with Crippen LogP contribution in [0.3, 0.4) is 0 Å². The largest absolute Gasteiger partial charge is 0.243 e. The predicted molar refractivity (Wildman–Crippen MR) is 98.3 cm³/mol. The van der Waals surface area contributed by atoms with Gasteiger partial charge in [0.1, 0.15) is 0 Å². The molecule has 0 saturated carbocycles. The van der Waals surface area contributed by atoms with Gasteiger partial charge in [-0.2, -0.15) is 4.31 Å². The number of benzene rings is 1. The van der Waals surface area contributed by atoms with Crippen LogP contribution in [-0.4, -0.2) is 39.8 Å². The second-order valence-corrected chi connectivity index (χ2v) is 10.8. The van der Waals surface area contributed by atoms with Gasteiger partial charge in [-0.1, -0.05) is 20.3 Å². The van der Waals surface area contributed by atoms with Gasteiger partial charge >= 0.3 is 0 Å². The standard InChI is InChI=1S/C17H28N2O4S2/c1-13(2)12-18-24(20,21)16-8-10-17(11-9-16)25(22,23)19-14(3)6-5-7-15(19)4/h8-11,13-15,18H,5-7,12H2,1-4H3/t14-,15-/m1/s1. The average Bonchev–Trinajstić information content (AvgIpc) is 2.53. The van der Waals surface area contributed by atoms with Crippen LogP contribution in [0.4, 0.5) is 0 Å². The molecule has 0 radical (unpaired) electrons. The van der Waals surface area contributed by atoms with Crippen molar-refractivity contribution in [3.05, 3.63) is 24.3 Å². The first-order valence-corrected chi connectivity index (χ1v) is 11.6. The minimum absolute atomic E-state index is 0.0510. The first kappa shape index (κ1) is 20.4. The summed E-state index contributed by atoms with van der Waals surface area (Å²) in [5.74, 6) is 0.191. The summed E-state index contributed by atoms with van der Waals surface area (Å²) in [4.78, 5) is 0.211. The molecule has 1 aromatic carbocycles. The Bertz CT molecular complexity index is 776. The van der Waals surface area contributed by atoms with Crippen LogP contribution in [0.1, 0.15) is 47.0 Å². The molecule has 2 rings (SSSR count). The smallest absolute Gasteiger partial charge is 0.211 e. The van der Waals surface area contributed by atoms with E-state index in [0.717, 1.165) is 19.3 Å². The van der Waals surface area contributed by atoms with E-state index in [1.807, 2.05) is 27.7 Å². The van der Waals surface area contributed by atoms with E-state index >= 15 is 0 Å². The van der Waals surface area contributed by atoms with Gasteiger partial charge in [0, 0.05) is 18.6 Å². The van der Waals surface area contributed by atoms with Crippen molar-refractivity contribution in [1.29, 1.82) is 0 Å². The van der Waals surface area contributed by atoms with Gasteiger partial charge in [0.2, 0.25) is 20.0 Å². The number of sulfonamides is 2. The van der Waals surface area contributed by atoms with E-state index in [4.69, 9.17) is 0 Å². The van der Waals surface area contributed by atoms with Crippen molar-refractivity contribution in [2.75, 3.05) is 6.54 Å². The molecule has 1 heterocycles. The Morgan fingerprint density at radius 3 is 1.96 bits per heavy atom. The lowest BCUT2D eigenvalue weighted by Gasteiger charge is -2.37. The summed E-state index contributed by atoms with van der Waals surface area (Å²) in [5.41, 5.74) is 0. The van der Waals surface area contributed by atoms with E-state index in [-0.39, 0.29) is 27.8 Å². The Labute approximate surface area is 151 Å². The summed E-state index contributed by atoms with van der Waals surface area (Å²) >= 11 is 0. The molecule has 0 unspecified atom stereocenters. The van der Waals surface area contributed by atoms with Crippen LogP contribution in [0.2, 0.25) is 0 Å². The Balaban J connectivity index is 2.27. The molecule has 25 heavy (non-hydrogen) atoms. The highest BCUT2D eigenvalue weighted by molar-refractivity contribution is 7.89. The van der Waals surface area contributed by atoms with Crippen molar-refractivity contribution < 1.29 is 16.8 Å². The minimum atomic E-state index is -3.63. The second kappa shape index (κ2) is 7.73. The fourth-order valence-electron chi connectivity index (χ4n) is 3.14. The Morgan fingerprint density at radius 2 is 1.48 bits per heavy atom. The lowest BCUT2D eigenvalue weighted by molar-refractivity contribution is 0.204. The van der Waals surface area contributed by atoms with Gasteiger partial charge < -0.3 is 0 Å². The number of nitrogens with one attached hydrogen (secondary N) is 1. The molecular weight excluding hydrogens is 360 g/mol. The topological polar surface area (TPSA) is 83.5 Å². The van der Waals surface area contributed by atoms with Crippen LogP contribution >= 0.6 is 0 Å². The average molecular weight is 389 g/mol. The maximum Gasteiger partial charge on any atom is 0.243 e. The third-order valence-electron chi connectivity index (χ3n) is 4.50. The zero-order chi connectivity index (χ0) is 18.8. The molecule has 1 aliphatic rings. The van der Waals surface area contributed by atoms with Crippen LogP contribution in [-0.2, 0) is 20.0 Å². The quantitative estimate of drug-likeness (QED) is 0.812. The molecule has 0 spiro atoms. The lowest BCUT2D eigenvalue weighted by Crippen LogP contribution is -2.47. The highest BCUT2D eigenvalue weighted by atomic mass is 32.2. The Morgan fingerprint density at radius 1 is 1.00 bits per heavy atom. The molecule has 0 aliphatic carbocycles. The number of hydrogen-bond donors (Lipinski definition) is 1. The molecule has 1 N–H and O–H groups in total. The molecule has 8 heteroatoms. The number of piperidine rings is 1. The van der Waals surface area contributed by atoms with Gasteiger partial charge in [0.05, 0.1) is 9.79 Å². The fourth-order valence-corrected chi connectivity index (χ4v) is 6.24. The Kier molecular flexibility index (Phi) is 6.30. The van der Waals surface area contributed by atoms with E-state index < -0.39 is 20.0 Å². The molecule has 6 nitrogen and oxygen atoms in total. The number of nitrogens with zero attached hydrogens (tertiary/aromatic N) is 1. The van der Waals surface area contributed by atoms with E-state index in [1.54, 1.807) is 4.31 Å². The van der Waals surface area contributed by atoms with Crippen molar-refractivity contribution in [3.63, 3.8) is 0 Å². The molecule has 2 atom stereocenters. The highest BCUT2D eigenvalue weighted by Crippen LogP contribution is 2.29. The lowest BCUT2D eigenvalue weighted by atomic mass is 10.0. The number of rotatable bonds is 6. The van der Waals surface area contributed by atoms with Gasteiger partial charge in [-0.05, 0) is 56.9 Å². The maximum atomic E-state index is 12.9. The van der Waals surface area contributed by atoms with Gasteiger partial charge in [-0.3, -0.25) is 0 Å². The van der Waals surface area contributed by atoms with E-state index in [2.05, 4.69) is 4.72 Å². The van der Waals surface area contributed by atoms with Gasteiger partial charge in [0.25, 0.3) is 0 Å². The van der Waals surface area contributed by atoms with Gasteiger partial charge in [-0.15, -0.1) is 0 Å². The summed E-state index contributed by atoms with van der Waals surface area (Å²) in [6.07, 6.45) is 2.71. The van der Waals surface area contributed by atoms with Crippen molar-refractivity contribution in [2.24, 2.45) is 5.92 Å². The molecular formula is C17H28N2O4S2. The Hall–Kier alpha value is -0.960. The SMILES string of the molecule is CC(C)CNS(=O)(=O)c1ccc(S(=O)(=O)N2[C@H](C)CCC[C@H]2C)cc1. The van der Waals surface area contributed by atoms with Crippen molar-refractivity contribution >= 4 is 20.0 Å². The fraction of sp³-hybridized carbons (Fsp3) is 0.647. The molecule has 1 saturated heterocycles. The summed E-state index contributed by atoms with van der Waals surface area (Å²) in [6.45, 7) is 8.01. The third kappa shape index (κ3) is 4.61. The summed E-state index contributed by atoms with van der Waals surface area (Å²) < 4.78 is 54.4. The van der Waals surface area contributed by atoms with E-state index in [1.165, 1.54) is 24.3 Å². The zero-order valence-electron chi connectivity index (χ0n) is 15.3. The monoisotopic (exact) mass is 388 g/mol. The van der Waals surface area contributed by atoms with Crippen molar-refractivity contribution in [1.82, 2.24) is 9.03 Å². The van der Waals surface area contributed by atoms with Gasteiger partial charge in [-0.25, -0.2) is 21.6 Å². The molecule has 1 aliphatic heterocycles. The molecule has 1 fully saturated rings. The molecule has 142 valence electrons. The van der Waals surface area contributed by atoms with E-state index in [9.17, 15) is 16.8 Å². The van der Waals surface area contributed by atoms with Crippen LogP contribution in [0.25, 0.3) is 0 Å². The van der Waals surface area contributed by atoms with Crippen molar-refractivity contribution in [3.8, 4) is 0 Å². The zero-order valence-corrected chi connectivity index (χ0v) is 16.9. The van der Waals surface area contributed by atoms with Crippen LogP contribution in [0.5, 0.6) is 0 Å². The van der Waals surface area contributed by atoms with Gasteiger partial charge in [0.15, 0.2) is 0 Å². The molecule has 0 bridgehead atoms. The van der Waals surface area contributed by atoms with Crippen LogP contribution < -0.4 is 4.72 Å². The normalized spacial score (nSPS) is 23.1. The van der Waals surface area contributed by atoms with Crippen LogP contribution in [0, 0.1) is 5.92 Å². The first-order valence-electron chi connectivity index (χ1n) is 8.69. The predicted octanol–water partition coefficient (Wildman–Crippen LogP) is 2.57. The van der Waals surface area contributed by atoms with Crippen molar-refractivity contribution in [2.45, 2.75) is 68.8 Å². The molecule has 0 aromatic heterocycles. The highest BCUT2D eigenvalue weighted by Gasteiger charge is 2.35. The summed E-state index contributed by atoms with van der Waals surface area (Å²) in [6, 6.07) is 5.37. The first-order chi connectivity index (χ1) is 11.6. The van der Waals surface area contributed by atoms with Crippen LogP contribution in [0.15, 0.2) is 34.1 Å². The summed E-state index contributed by atoms with van der Waals surface area (Å²) in [5, 5.41) is 0. The third-order valence-corrected chi connectivity index (χ3v) is 8.09. The van der Waals surface area contributed by atoms with E-state index in [0.29, 0.717) is 6.54 Å². The maximum absolute atomic E-state index is 12.9. The molecule has 0 amide bonds. The molecule has 1 aromatic rings. The second-order valence-electron chi connectivity index (χ2n) is 7.18. The number of hydrogen-bond acceptors (Lipinski definition) is 4. The summed E-state index contributed by atoms with van der Waals surface area (Å²) in [7, 11) is -7.25.